The summed E-state index contributed by atoms with van der Waals surface area (Å²) in [6, 6.07) is 13.2. The molecule has 0 aromatic heterocycles. The minimum absolute atomic E-state index is 0.0391. The molecule has 0 spiro atoms. The predicted molar refractivity (Wildman–Crippen MR) is 97.1 cm³/mol. The zero-order valence-corrected chi connectivity index (χ0v) is 15.0. The van der Waals surface area contributed by atoms with Crippen LogP contribution >= 0.6 is 11.6 Å². The van der Waals surface area contributed by atoms with E-state index in [2.05, 4.69) is 6.92 Å². The Morgan fingerprint density at radius 1 is 1.12 bits per heavy atom. The van der Waals surface area contributed by atoms with Crippen LogP contribution in [-0.2, 0) is 17.6 Å². The summed E-state index contributed by atoms with van der Waals surface area (Å²) in [5, 5.41) is 10.1. The highest BCUT2D eigenvalue weighted by atomic mass is 35.5. The summed E-state index contributed by atoms with van der Waals surface area (Å²) in [5.41, 5.74) is 2.88. The summed E-state index contributed by atoms with van der Waals surface area (Å²) in [5.74, 6) is -0.809. The molecule has 0 aliphatic rings. The van der Waals surface area contributed by atoms with E-state index in [-0.39, 0.29) is 6.10 Å². The van der Waals surface area contributed by atoms with Crippen LogP contribution in [0.2, 0.25) is 5.02 Å². The monoisotopic (exact) mass is 346 g/mol. The van der Waals surface area contributed by atoms with Crippen LogP contribution < -0.4 is 4.74 Å². The van der Waals surface area contributed by atoms with Crippen LogP contribution in [0, 0.1) is 0 Å². The number of ether oxygens (including phenoxy) is 1. The molecular weight excluding hydrogens is 324 g/mol. The van der Waals surface area contributed by atoms with E-state index in [1.54, 1.807) is 12.1 Å². The standard InChI is InChI=1S/C20H23ClO3/c1-4-14-5-8-16(9-6-14)17(20(22)23)11-15-7-10-19(18(21)12-15)24-13(2)3/h5-10,12-13,17H,4,11H2,1-3H3,(H,22,23). The van der Waals surface area contributed by atoms with Crippen LogP contribution in [0.5, 0.6) is 5.75 Å². The van der Waals surface area contributed by atoms with Crippen molar-refractivity contribution in [3.63, 3.8) is 0 Å². The van der Waals surface area contributed by atoms with Crippen molar-refractivity contribution in [2.75, 3.05) is 0 Å². The van der Waals surface area contributed by atoms with Gasteiger partial charge in [0.1, 0.15) is 5.75 Å². The SMILES string of the molecule is CCc1ccc(C(Cc2ccc(OC(C)C)c(Cl)c2)C(=O)O)cc1. The minimum atomic E-state index is -0.835. The van der Waals surface area contributed by atoms with Gasteiger partial charge in [0.15, 0.2) is 0 Å². The van der Waals surface area contributed by atoms with Crippen molar-refractivity contribution >= 4 is 17.6 Å². The van der Waals surface area contributed by atoms with Gasteiger partial charge in [0.25, 0.3) is 0 Å². The maximum atomic E-state index is 11.7. The number of hydrogen-bond donors (Lipinski definition) is 1. The molecule has 128 valence electrons. The first kappa shape index (κ1) is 18.3. The Morgan fingerprint density at radius 3 is 2.25 bits per heavy atom. The lowest BCUT2D eigenvalue weighted by Gasteiger charge is -2.15. The lowest BCUT2D eigenvalue weighted by Crippen LogP contribution is -2.14. The van der Waals surface area contributed by atoms with E-state index in [1.165, 1.54) is 5.56 Å². The van der Waals surface area contributed by atoms with Gasteiger partial charge in [0.2, 0.25) is 0 Å². The van der Waals surface area contributed by atoms with Crippen molar-refractivity contribution in [3.8, 4) is 5.75 Å². The molecule has 0 bridgehead atoms. The Labute approximate surface area is 148 Å². The summed E-state index contributed by atoms with van der Waals surface area (Å²) in [4.78, 5) is 11.7. The molecule has 0 saturated heterocycles. The molecule has 0 amide bonds. The predicted octanol–water partition coefficient (Wildman–Crippen LogP) is 5.10. The molecule has 2 aromatic rings. The second kappa shape index (κ2) is 8.20. The Balaban J connectivity index is 2.21. The van der Waals surface area contributed by atoms with Crippen LogP contribution in [0.4, 0.5) is 0 Å². The molecule has 1 atom stereocenters. The van der Waals surface area contributed by atoms with Crippen molar-refractivity contribution in [3.05, 3.63) is 64.2 Å². The molecule has 1 unspecified atom stereocenters. The number of carboxylic acid groups (broad SMARTS) is 1. The summed E-state index contributed by atoms with van der Waals surface area (Å²) in [6.07, 6.45) is 1.37. The third-order valence-electron chi connectivity index (χ3n) is 3.89. The smallest absolute Gasteiger partial charge is 0.311 e. The Bertz CT molecular complexity index is 693. The molecule has 24 heavy (non-hydrogen) atoms. The molecule has 0 heterocycles. The number of halogens is 1. The second-order valence-corrected chi connectivity index (χ2v) is 6.53. The van der Waals surface area contributed by atoms with E-state index in [0.717, 1.165) is 17.5 Å². The van der Waals surface area contributed by atoms with Crippen LogP contribution in [0.1, 0.15) is 43.4 Å². The van der Waals surface area contributed by atoms with Gasteiger partial charge in [-0.25, -0.2) is 0 Å². The van der Waals surface area contributed by atoms with Gasteiger partial charge >= 0.3 is 5.97 Å². The highest BCUT2D eigenvalue weighted by Crippen LogP contribution is 2.29. The first-order chi connectivity index (χ1) is 11.4. The van der Waals surface area contributed by atoms with Crippen LogP contribution in [0.3, 0.4) is 0 Å². The van der Waals surface area contributed by atoms with E-state index in [4.69, 9.17) is 16.3 Å². The second-order valence-electron chi connectivity index (χ2n) is 6.12. The van der Waals surface area contributed by atoms with Gasteiger partial charge in [0.05, 0.1) is 17.0 Å². The van der Waals surface area contributed by atoms with E-state index in [9.17, 15) is 9.90 Å². The first-order valence-corrected chi connectivity index (χ1v) is 8.55. The third-order valence-corrected chi connectivity index (χ3v) is 4.18. The number of aliphatic carboxylic acids is 1. The average Bonchev–Trinajstić information content (AvgIpc) is 2.54. The van der Waals surface area contributed by atoms with Gasteiger partial charge in [-0.3, -0.25) is 4.79 Å². The largest absolute Gasteiger partial charge is 0.489 e. The maximum absolute atomic E-state index is 11.7. The van der Waals surface area contributed by atoms with E-state index in [0.29, 0.717) is 17.2 Å². The van der Waals surface area contributed by atoms with Gasteiger partial charge in [-0.2, -0.15) is 0 Å². The minimum Gasteiger partial charge on any atom is -0.489 e. The lowest BCUT2D eigenvalue weighted by atomic mass is 9.91. The number of carbonyl (C=O) groups is 1. The maximum Gasteiger partial charge on any atom is 0.311 e. The van der Waals surface area contributed by atoms with Gasteiger partial charge in [-0.1, -0.05) is 48.9 Å². The molecule has 0 aliphatic carbocycles. The zero-order chi connectivity index (χ0) is 17.7. The summed E-state index contributed by atoms with van der Waals surface area (Å²) < 4.78 is 5.61. The van der Waals surface area contributed by atoms with Gasteiger partial charge in [-0.15, -0.1) is 0 Å². The molecule has 4 heteroatoms. The van der Waals surface area contributed by atoms with Crippen molar-refractivity contribution in [2.45, 2.75) is 45.6 Å². The Morgan fingerprint density at radius 2 is 1.75 bits per heavy atom. The van der Waals surface area contributed by atoms with Crippen LogP contribution in [0.25, 0.3) is 0 Å². The third kappa shape index (κ3) is 4.75. The fourth-order valence-corrected chi connectivity index (χ4v) is 2.84. The summed E-state index contributed by atoms with van der Waals surface area (Å²) >= 11 is 6.25. The van der Waals surface area contributed by atoms with Crippen LogP contribution in [-0.4, -0.2) is 17.2 Å². The molecule has 2 rings (SSSR count). The van der Waals surface area contributed by atoms with E-state index < -0.39 is 11.9 Å². The fourth-order valence-electron chi connectivity index (χ4n) is 2.59. The topological polar surface area (TPSA) is 46.5 Å². The Kier molecular flexibility index (Phi) is 6.27. The normalized spacial score (nSPS) is 12.2. The quantitative estimate of drug-likeness (QED) is 0.758. The van der Waals surface area contributed by atoms with E-state index in [1.807, 2.05) is 44.2 Å². The summed E-state index contributed by atoms with van der Waals surface area (Å²) in [7, 11) is 0. The highest BCUT2D eigenvalue weighted by molar-refractivity contribution is 6.32. The molecular formula is C20H23ClO3. The van der Waals surface area contributed by atoms with Gasteiger partial charge in [-0.05, 0) is 55.5 Å². The fraction of sp³-hybridized carbons (Fsp3) is 0.350. The first-order valence-electron chi connectivity index (χ1n) is 8.17. The van der Waals surface area contributed by atoms with Gasteiger partial charge in [0, 0.05) is 0 Å². The number of rotatable bonds is 7. The molecule has 0 saturated carbocycles. The van der Waals surface area contributed by atoms with Gasteiger partial charge < -0.3 is 9.84 Å². The number of benzene rings is 2. The lowest BCUT2D eigenvalue weighted by molar-refractivity contribution is -0.138. The Hall–Kier alpha value is -2.00. The number of hydrogen-bond acceptors (Lipinski definition) is 2. The van der Waals surface area contributed by atoms with Crippen molar-refractivity contribution in [1.29, 1.82) is 0 Å². The highest BCUT2D eigenvalue weighted by Gasteiger charge is 2.21. The summed E-state index contributed by atoms with van der Waals surface area (Å²) in [6.45, 7) is 5.95. The molecule has 0 aliphatic heterocycles. The molecule has 2 aromatic carbocycles. The molecule has 0 fully saturated rings. The average molecular weight is 347 g/mol. The van der Waals surface area contributed by atoms with Crippen molar-refractivity contribution in [2.24, 2.45) is 0 Å². The molecule has 0 radical (unpaired) electrons. The van der Waals surface area contributed by atoms with Crippen molar-refractivity contribution in [1.82, 2.24) is 0 Å². The van der Waals surface area contributed by atoms with Crippen molar-refractivity contribution < 1.29 is 14.6 Å². The molecule has 3 nitrogen and oxygen atoms in total. The zero-order valence-electron chi connectivity index (χ0n) is 14.3. The van der Waals surface area contributed by atoms with E-state index >= 15 is 0 Å². The number of carboxylic acids is 1. The number of aryl methyl sites for hydroxylation is 1. The van der Waals surface area contributed by atoms with Crippen LogP contribution in [0.15, 0.2) is 42.5 Å². The molecule has 1 N–H and O–H groups in total.